The van der Waals surface area contributed by atoms with Crippen LogP contribution >= 0.6 is 23.2 Å². The second-order valence-electron chi connectivity index (χ2n) is 6.82. The maximum atomic E-state index is 12.4. The Morgan fingerprint density at radius 1 is 1.15 bits per heavy atom. The average Bonchev–Trinajstić information content (AvgIpc) is 3.13. The van der Waals surface area contributed by atoms with Crippen LogP contribution in [0.2, 0.25) is 10.0 Å². The van der Waals surface area contributed by atoms with Gasteiger partial charge >= 0.3 is 5.97 Å². The summed E-state index contributed by atoms with van der Waals surface area (Å²) in [7, 11) is 0. The van der Waals surface area contributed by atoms with Gasteiger partial charge in [-0.2, -0.15) is 0 Å². The van der Waals surface area contributed by atoms with Crippen molar-refractivity contribution < 1.29 is 18.7 Å². The Balaban J connectivity index is 1.78. The van der Waals surface area contributed by atoms with Crippen LogP contribution in [0.4, 0.5) is 0 Å². The fourth-order valence-electron chi connectivity index (χ4n) is 3.39. The van der Waals surface area contributed by atoms with Gasteiger partial charge in [0.2, 0.25) is 5.91 Å². The Morgan fingerprint density at radius 3 is 2.69 bits per heavy atom. The number of benzene rings is 1. The highest BCUT2D eigenvalue weighted by Crippen LogP contribution is 2.44. The van der Waals surface area contributed by atoms with E-state index in [4.69, 9.17) is 32.4 Å². The van der Waals surface area contributed by atoms with Gasteiger partial charge in [0.05, 0.1) is 22.2 Å². The second-order valence-corrected chi connectivity index (χ2v) is 7.66. The topological polar surface area (TPSA) is 68.5 Å². The van der Waals surface area contributed by atoms with Gasteiger partial charge in [-0.15, -0.1) is 0 Å². The van der Waals surface area contributed by atoms with Crippen LogP contribution in [0.25, 0.3) is 11.3 Å². The van der Waals surface area contributed by atoms with Crippen LogP contribution in [0.1, 0.15) is 31.9 Å². The molecule has 1 aromatic heterocycles. The van der Waals surface area contributed by atoms with Gasteiger partial charge in [0.1, 0.15) is 17.1 Å². The van der Waals surface area contributed by atoms with E-state index in [1.807, 2.05) is 0 Å². The second kappa shape index (κ2) is 5.89. The summed E-state index contributed by atoms with van der Waals surface area (Å²) in [6, 6.07) is 8.59. The van der Waals surface area contributed by atoms with Gasteiger partial charge in [-0.25, -0.2) is 4.79 Å². The van der Waals surface area contributed by atoms with Crippen molar-refractivity contribution in [1.82, 2.24) is 5.32 Å². The molecule has 1 aromatic carbocycles. The molecule has 4 rings (SSSR count). The molecule has 1 atom stereocenters. The normalized spacial score (nSPS) is 21.5. The molecule has 0 radical (unpaired) electrons. The molecule has 1 amide bonds. The summed E-state index contributed by atoms with van der Waals surface area (Å²) < 4.78 is 11.4. The average molecular weight is 392 g/mol. The standard InChI is InChI=1S/C19H15Cl2NO4/c1-19(2)17-16(18(24)26-19)11(8-15(23)22-17)14-6-5-13(25-14)10-7-9(20)3-4-12(10)21/h3-7,11H,8H2,1-2H3,(H,22,23)/t11-/m0/s1. The van der Waals surface area contributed by atoms with E-state index >= 15 is 0 Å². The summed E-state index contributed by atoms with van der Waals surface area (Å²) in [5, 5.41) is 3.80. The number of hydrogen-bond donors (Lipinski definition) is 1. The smallest absolute Gasteiger partial charge is 0.337 e. The Hall–Kier alpha value is -2.24. The molecule has 0 bridgehead atoms. The number of rotatable bonds is 2. The van der Waals surface area contributed by atoms with Crippen LogP contribution in [0, 0.1) is 0 Å². The van der Waals surface area contributed by atoms with E-state index in [0.29, 0.717) is 38.4 Å². The lowest BCUT2D eigenvalue weighted by Crippen LogP contribution is -2.38. The summed E-state index contributed by atoms with van der Waals surface area (Å²) in [5.41, 5.74) is 0.719. The minimum atomic E-state index is -0.869. The molecule has 2 aliphatic heterocycles. The SMILES string of the molecule is CC1(C)OC(=O)C2=C1NC(=O)C[C@H]2c1ccc(-c2cc(Cl)ccc2Cl)o1. The third-order valence-corrected chi connectivity index (χ3v) is 5.17. The Kier molecular flexibility index (Phi) is 3.90. The van der Waals surface area contributed by atoms with Crippen molar-refractivity contribution in [3.63, 3.8) is 0 Å². The van der Waals surface area contributed by atoms with Crippen molar-refractivity contribution in [3.05, 3.63) is 57.4 Å². The molecular formula is C19H15Cl2NO4. The third-order valence-electron chi connectivity index (χ3n) is 4.61. The fraction of sp³-hybridized carbons (Fsp3) is 0.263. The summed E-state index contributed by atoms with van der Waals surface area (Å²) in [4.78, 5) is 24.5. The lowest BCUT2D eigenvalue weighted by Gasteiger charge is -2.26. The van der Waals surface area contributed by atoms with E-state index in [1.54, 1.807) is 44.2 Å². The summed E-state index contributed by atoms with van der Waals surface area (Å²) in [6.45, 7) is 3.49. The van der Waals surface area contributed by atoms with E-state index in [2.05, 4.69) is 5.32 Å². The van der Waals surface area contributed by atoms with Crippen molar-refractivity contribution in [1.29, 1.82) is 0 Å². The summed E-state index contributed by atoms with van der Waals surface area (Å²) in [5.74, 6) is -0.0911. The zero-order chi connectivity index (χ0) is 18.6. The van der Waals surface area contributed by atoms with Crippen LogP contribution in [-0.2, 0) is 14.3 Å². The van der Waals surface area contributed by atoms with Crippen LogP contribution < -0.4 is 5.32 Å². The molecule has 0 aliphatic carbocycles. The first-order valence-electron chi connectivity index (χ1n) is 8.09. The number of cyclic esters (lactones) is 1. The zero-order valence-electron chi connectivity index (χ0n) is 14.1. The Labute approximate surface area is 159 Å². The molecule has 0 saturated heterocycles. The number of nitrogens with one attached hydrogen (secondary N) is 1. The number of carbonyl (C=O) groups excluding carboxylic acids is 2. The highest BCUT2D eigenvalue weighted by molar-refractivity contribution is 6.35. The molecule has 2 aromatic rings. The van der Waals surface area contributed by atoms with Gasteiger partial charge in [-0.05, 0) is 44.2 Å². The van der Waals surface area contributed by atoms with Crippen LogP contribution in [0.5, 0.6) is 0 Å². The molecule has 0 unspecified atom stereocenters. The first kappa shape index (κ1) is 17.2. The summed E-state index contributed by atoms with van der Waals surface area (Å²) in [6.07, 6.45) is 0.111. The number of amides is 1. The van der Waals surface area contributed by atoms with Gasteiger partial charge in [0.25, 0.3) is 0 Å². The first-order chi connectivity index (χ1) is 12.3. The highest BCUT2D eigenvalue weighted by Gasteiger charge is 2.48. The van der Waals surface area contributed by atoms with Gasteiger partial charge in [0.15, 0.2) is 0 Å². The number of halogens is 2. The monoisotopic (exact) mass is 391 g/mol. The fourth-order valence-corrected chi connectivity index (χ4v) is 3.77. The van der Waals surface area contributed by atoms with E-state index in [-0.39, 0.29) is 12.3 Å². The van der Waals surface area contributed by atoms with Crippen LogP contribution in [0.15, 0.2) is 46.0 Å². The van der Waals surface area contributed by atoms with Crippen molar-refractivity contribution in [3.8, 4) is 11.3 Å². The van der Waals surface area contributed by atoms with Crippen LogP contribution in [0.3, 0.4) is 0 Å². The van der Waals surface area contributed by atoms with Crippen molar-refractivity contribution in [2.75, 3.05) is 0 Å². The van der Waals surface area contributed by atoms with Crippen molar-refractivity contribution in [2.24, 2.45) is 0 Å². The van der Waals surface area contributed by atoms with Crippen molar-refractivity contribution >= 4 is 35.1 Å². The molecule has 26 heavy (non-hydrogen) atoms. The predicted octanol–water partition coefficient (Wildman–Crippen LogP) is 4.45. The van der Waals surface area contributed by atoms with E-state index in [0.717, 1.165) is 0 Å². The quantitative estimate of drug-likeness (QED) is 0.767. The third kappa shape index (κ3) is 2.72. The Bertz CT molecular complexity index is 974. The number of carbonyl (C=O) groups is 2. The molecule has 2 aliphatic rings. The molecule has 7 heteroatoms. The molecular weight excluding hydrogens is 377 g/mol. The van der Waals surface area contributed by atoms with Gasteiger partial charge in [-0.1, -0.05) is 23.2 Å². The molecule has 134 valence electrons. The van der Waals surface area contributed by atoms with E-state index < -0.39 is 17.5 Å². The predicted molar refractivity (Wildman–Crippen MR) is 96.9 cm³/mol. The lowest BCUT2D eigenvalue weighted by atomic mass is 9.86. The minimum absolute atomic E-state index is 0.111. The first-order valence-corrected chi connectivity index (χ1v) is 8.85. The number of esters is 1. The zero-order valence-corrected chi connectivity index (χ0v) is 15.6. The molecule has 3 heterocycles. The molecule has 0 spiro atoms. The van der Waals surface area contributed by atoms with Gasteiger partial charge in [0, 0.05) is 17.0 Å². The van der Waals surface area contributed by atoms with Crippen molar-refractivity contribution in [2.45, 2.75) is 31.8 Å². The van der Waals surface area contributed by atoms with Gasteiger partial charge in [-0.3, -0.25) is 4.79 Å². The minimum Gasteiger partial charge on any atom is -0.460 e. The van der Waals surface area contributed by atoms with E-state index in [9.17, 15) is 9.59 Å². The largest absolute Gasteiger partial charge is 0.460 e. The lowest BCUT2D eigenvalue weighted by molar-refractivity contribution is -0.144. The number of furan rings is 1. The number of ether oxygens (including phenoxy) is 1. The molecule has 5 nitrogen and oxygen atoms in total. The van der Waals surface area contributed by atoms with Gasteiger partial charge < -0.3 is 14.5 Å². The highest BCUT2D eigenvalue weighted by atomic mass is 35.5. The maximum Gasteiger partial charge on any atom is 0.337 e. The van der Waals surface area contributed by atoms with Crippen LogP contribution in [-0.4, -0.2) is 17.5 Å². The summed E-state index contributed by atoms with van der Waals surface area (Å²) >= 11 is 12.3. The Morgan fingerprint density at radius 2 is 1.92 bits per heavy atom. The maximum absolute atomic E-state index is 12.4. The molecule has 1 N–H and O–H groups in total. The molecule has 0 saturated carbocycles. The number of hydrogen-bond acceptors (Lipinski definition) is 4. The molecule has 0 fully saturated rings. The van der Waals surface area contributed by atoms with E-state index in [1.165, 1.54) is 0 Å².